The third-order valence-corrected chi connectivity index (χ3v) is 4.30. The van der Waals surface area contributed by atoms with Gasteiger partial charge in [0.1, 0.15) is 5.75 Å². The molecule has 1 aromatic carbocycles. The Kier molecular flexibility index (Phi) is 4.95. The molecule has 0 atom stereocenters. The predicted molar refractivity (Wildman–Crippen MR) is 86.6 cm³/mol. The molecule has 0 spiro atoms. The quantitative estimate of drug-likeness (QED) is 0.801. The van der Waals surface area contributed by atoms with E-state index >= 15 is 0 Å². The Hall–Kier alpha value is -1.18. The molecule has 0 amide bonds. The zero-order valence-electron chi connectivity index (χ0n) is 13.5. The van der Waals surface area contributed by atoms with Crippen LogP contribution in [0.15, 0.2) is 18.2 Å². The lowest BCUT2D eigenvalue weighted by molar-refractivity contribution is 0.232. The van der Waals surface area contributed by atoms with Gasteiger partial charge in [0.2, 0.25) is 0 Å². The number of anilines is 1. The van der Waals surface area contributed by atoms with E-state index in [9.17, 15) is 0 Å². The van der Waals surface area contributed by atoms with Crippen molar-refractivity contribution in [2.24, 2.45) is 5.41 Å². The zero-order chi connectivity index (χ0) is 14.6. The number of nitrogens with one attached hydrogen (secondary N) is 1. The molecule has 2 rings (SSSR count). The monoisotopic (exact) mass is 275 g/mol. The van der Waals surface area contributed by atoms with Crippen molar-refractivity contribution in [3.63, 3.8) is 0 Å². The number of hydrogen-bond acceptors (Lipinski definition) is 2. The van der Waals surface area contributed by atoms with Gasteiger partial charge >= 0.3 is 0 Å². The highest BCUT2D eigenvalue weighted by atomic mass is 16.5. The second-order valence-corrected chi connectivity index (χ2v) is 6.93. The lowest BCUT2D eigenvalue weighted by atomic mass is 9.75. The summed E-state index contributed by atoms with van der Waals surface area (Å²) in [4.78, 5) is 0. The molecular formula is C18H29NO. The summed E-state index contributed by atoms with van der Waals surface area (Å²) in [6.07, 6.45) is 6.18. The highest BCUT2D eigenvalue weighted by molar-refractivity contribution is 5.58. The molecule has 0 bridgehead atoms. The smallest absolute Gasteiger partial charge is 0.142 e. The van der Waals surface area contributed by atoms with E-state index in [-0.39, 0.29) is 0 Å². The number of aryl methyl sites for hydroxylation is 1. The molecule has 1 fully saturated rings. The maximum Gasteiger partial charge on any atom is 0.142 e. The molecule has 20 heavy (non-hydrogen) atoms. The van der Waals surface area contributed by atoms with Gasteiger partial charge < -0.3 is 10.1 Å². The number of benzene rings is 1. The molecule has 0 saturated heterocycles. The van der Waals surface area contributed by atoms with E-state index < -0.39 is 0 Å². The van der Waals surface area contributed by atoms with E-state index in [4.69, 9.17) is 4.74 Å². The van der Waals surface area contributed by atoms with Crippen LogP contribution in [0.5, 0.6) is 5.75 Å². The Morgan fingerprint density at radius 1 is 1.25 bits per heavy atom. The van der Waals surface area contributed by atoms with Gasteiger partial charge in [-0.2, -0.15) is 0 Å². The first kappa shape index (κ1) is 15.2. The fourth-order valence-electron chi connectivity index (χ4n) is 2.84. The molecule has 1 aliphatic carbocycles. The minimum absolute atomic E-state index is 0.521. The van der Waals surface area contributed by atoms with Crippen LogP contribution in [0.25, 0.3) is 0 Å². The summed E-state index contributed by atoms with van der Waals surface area (Å²) in [5.41, 5.74) is 2.94. The Labute approximate surface area is 123 Å². The van der Waals surface area contributed by atoms with Crippen LogP contribution in [0.2, 0.25) is 0 Å². The summed E-state index contributed by atoms with van der Waals surface area (Å²) < 4.78 is 5.89. The first-order valence-corrected chi connectivity index (χ1v) is 8.00. The third-order valence-electron chi connectivity index (χ3n) is 4.30. The molecule has 2 nitrogen and oxygen atoms in total. The number of hydrogen-bond donors (Lipinski definition) is 1. The zero-order valence-corrected chi connectivity index (χ0v) is 13.5. The van der Waals surface area contributed by atoms with Gasteiger partial charge in [-0.3, -0.25) is 0 Å². The minimum Gasteiger partial charge on any atom is -0.491 e. The first-order chi connectivity index (χ1) is 9.50. The summed E-state index contributed by atoms with van der Waals surface area (Å²) in [5, 5.41) is 3.70. The van der Waals surface area contributed by atoms with Crippen molar-refractivity contribution >= 4 is 5.69 Å². The van der Waals surface area contributed by atoms with E-state index in [1.54, 1.807) is 0 Å². The van der Waals surface area contributed by atoms with Crippen LogP contribution in [0, 0.1) is 12.3 Å². The Morgan fingerprint density at radius 3 is 2.60 bits per heavy atom. The van der Waals surface area contributed by atoms with Crippen molar-refractivity contribution in [3.05, 3.63) is 23.8 Å². The second-order valence-electron chi connectivity index (χ2n) is 6.93. The average Bonchev–Trinajstić information content (AvgIpc) is 2.41. The standard InChI is InChI=1S/C18H29NO/c1-5-12-20-17-13-14(2)6-7-16(17)19-15-8-10-18(3,4)11-9-15/h6-7,13,15,19H,5,8-12H2,1-4H3. The fourth-order valence-corrected chi connectivity index (χ4v) is 2.84. The van der Waals surface area contributed by atoms with Gasteiger partial charge in [-0.1, -0.05) is 26.8 Å². The van der Waals surface area contributed by atoms with Crippen molar-refractivity contribution in [1.29, 1.82) is 0 Å². The molecule has 0 unspecified atom stereocenters. The van der Waals surface area contributed by atoms with Gasteiger partial charge in [0.05, 0.1) is 12.3 Å². The van der Waals surface area contributed by atoms with Crippen LogP contribution in [-0.4, -0.2) is 12.6 Å². The van der Waals surface area contributed by atoms with Gasteiger partial charge in [0.15, 0.2) is 0 Å². The fraction of sp³-hybridized carbons (Fsp3) is 0.667. The Morgan fingerprint density at radius 2 is 1.95 bits per heavy atom. The van der Waals surface area contributed by atoms with Gasteiger partial charge in [0, 0.05) is 6.04 Å². The summed E-state index contributed by atoms with van der Waals surface area (Å²) in [5.74, 6) is 1.01. The SMILES string of the molecule is CCCOc1cc(C)ccc1NC1CCC(C)(C)CC1. The normalized spacial score (nSPS) is 18.8. The summed E-state index contributed by atoms with van der Waals surface area (Å²) >= 11 is 0. The highest BCUT2D eigenvalue weighted by Gasteiger charge is 2.27. The summed E-state index contributed by atoms with van der Waals surface area (Å²) in [6, 6.07) is 7.06. The maximum absolute atomic E-state index is 5.89. The second kappa shape index (κ2) is 6.51. The van der Waals surface area contributed by atoms with Crippen molar-refractivity contribution in [2.75, 3.05) is 11.9 Å². The number of rotatable bonds is 5. The Bertz CT molecular complexity index is 429. The van der Waals surface area contributed by atoms with E-state index in [0.717, 1.165) is 24.5 Å². The van der Waals surface area contributed by atoms with Crippen molar-refractivity contribution in [3.8, 4) is 5.75 Å². The molecule has 1 aliphatic rings. The predicted octanol–water partition coefficient (Wildman–Crippen LogP) is 5.16. The summed E-state index contributed by atoms with van der Waals surface area (Å²) in [6.45, 7) is 9.81. The van der Waals surface area contributed by atoms with Crippen LogP contribution in [0.4, 0.5) is 5.69 Å². The average molecular weight is 275 g/mol. The molecule has 0 radical (unpaired) electrons. The van der Waals surface area contributed by atoms with Crippen molar-refractivity contribution in [2.45, 2.75) is 65.8 Å². The molecule has 1 N–H and O–H groups in total. The van der Waals surface area contributed by atoms with E-state index in [2.05, 4.69) is 51.2 Å². The van der Waals surface area contributed by atoms with Crippen LogP contribution in [0.3, 0.4) is 0 Å². The lowest BCUT2D eigenvalue weighted by Crippen LogP contribution is -2.30. The lowest BCUT2D eigenvalue weighted by Gasteiger charge is -2.35. The molecule has 0 heterocycles. The van der Waals surface area contributed by atoms with Crippen LogP contribution in [-0.2, 0) is 0 Å². The van der Waals surface area contributed by atoms with E-state index in [1.165, 1.54) is 31.2 Å². The van der Waals surface area contributed by atoms with Gasteiger partial charge in [-0.15, -0.1) is 0 Å². The third kappa shape index (κ3) is 4.16. The molecule has 0 aromatic heterocycles. The number of ether oxygens (including phenoxy) is 1. The topological polar surface area (TPSA) is 21.3 Å². The van der Waals surface area contributed by atoms with Gasteiger partial charge in [-0.25, -0.2) is 0 Å². The van der Waals surface area contributed by atoms with Gasteiger partial charge in [-0.05, 0) is 62.1 Å². The molecule has 0 aliphatic heterocycles. The molecule has 1 aromatic rings. The van der Waals surface area contributed by atoms with E-state index in [0.29, 0.717) is 11.5 Å². The Balaban J connectivity index is 2.01. The molecule has 1 saturated carbocycles. The molecule has 112 valence electrons. The largest absolute Gasteiger partial charge is 0.491 e. The van der Waals surface area contributed by atoms with Crippen LogP contribution >= 0.6 is 0 Å². The van der Waals surface area contributed by atoms with Crippen molar-refractivity contribution < 1.29 is 4.74 Å². The van der Waals surface area contributed by atoms with Crippen LogP contribution < -0.4 is 10.1 Å². The van der Waals surface area contributed by atoms with Crippen molar-refractivity contribution in [1.82, 2.24) is 0 Å². The molecular weight excluding hydrogens is 246 g/mol. The van der Waals surface area contributed by atoms with E-state index in [1.807, 2.05) is 0 Å². The summed E-state index contributed by atoms with van der Waals surface area (Å²) in [7, 11) is 0. The van der Waals surface area contributed by atoms with Gasteiger partial charge in [0.25, 0.3) is 0 Å². The van der Waals surface area contributed by atoms with Crippen LogP contribution in [0.1, 0.15) is 58.4 Å². The highest BCUT2D eigenvalue weighted by Crippen LogP contribution is 2.37. The first-order valence-electron chi connectivity index (χ1n) is 8.00. The minimum atomic E-state index is 0.521. The maximum atomic E-state index is 5.89. The molecule has 2 heteroatoms.